The fraction of sp³-hybridized carbons (Fsp3) is 0.211. The minimum absolute atomic E-state index is 0.00490. The van der Waals surface area contributed by atoms with Gasteiger partial charge in [-0.05, 0) is 49.2 Å². The van der Waals surface area contributed by atoms with Gasteiger partial charge < -0.3 is 9.32 Å². The molecule has 1 amide bonds. The average molecular weight is 390 g/mol. The van der Waals surface area contributed by atoms with Crippen LogP contribution in [0.15, 0.2) is 46.9 Å². The monoisotopic (exact) mass is 389 g/mol. The zero-order valence-electron chi connectivity index (χ0n) is 14.0. The van der Waals surface area contributed by atoms with Crippen LogP contribution in [0.25, 0.3) is 11.5 Å². The van der Waals surface area contributed by atoms with Crippen LogP contribution in [0.3, 0.4) is 0 Å². The van der Waals surface area contributed by atoms with E-state index in [1.165, 1.54) is 4.90 Å². The van der Waals surface area contributed by atoms with Crippen LogP contribution in [0, 0.1) is 11.6 Å². The van der Waals surface area contributed by atoms with E-state index in [-0.39, 0.29) is 24.0 Å². The van der Waals surface area contributed by atoms with Crippen molar-refractivity contribution in [3.63, 3.8) is 0 Å². The second-order valence-corrected chi connectivity index (χ2v) is 6.77. The first-order valence-corrected chi connectivity index (χ1v) is 8.73. The molecule has 0 spiro atoms. The summed E-state index contributed by atoms with van der Waals surface area (Å²) >= 11 is 5.87. The molecule has 5 nitrogen and oxygen atoms in total. The second kappa shape index (κ2) is 7.08. The summed E-state index contributed by atoms with van der Waals surface area (Å²) in [5.74, 6) is -1.50. The van der Waals surface area contributed by atoms with Gasteiger partial charge in [0.1, 0.15) is 11.6 Å². The number of halogens is 3. The van der Waals surface area contributed by atoms with Crippen molar-refractivity contribution in [2.45, 2.75) is 25.4 Å². The molecule has 0 bridgehead atoms. The Labute approximate surface area is 158 Å². The van der Waals surface area contributed by atoms with Gasteiger partial charge in [-0.2, -0.15) is 0 Å². The second-order valence-electron chi connectivity index (χ2n) is 6.33. The summed E-state index contributed by atoms with van der Waals surface area (Å²) < 4.78 is 32.6. The lowest BCUT2D eigenvalue weighted by Crippen LogP contribution is -2.32. The van der Waals surface area contributed by atoms with E-state index in [9.17, 15) is 13.6 Å². The summed E-state index contributed by atoms with van der Waals surface area (Å²) in [4.78, 5) is 14.2. The summed E-state index contributed by atoms with van der Waals surface area (Å²) in [6.45, 7) is 0.0716. The third-order valence-electron chi connectivity index (χ3n) is 4.22. The molecule has 0 N–H and O–H groups in total. The summed E-state index contributed by atoms with van der Waals surface area (Å²) in [6.07, 6.45) is 1.64. The Hall–Kier alpha value is -2.80. The number of rotatable bonds is 5. The lowest BCUT2D eigenvalue weighted by Gasteiger charge is -2.20. The quantitative estimate of drug-likeness (QED) is 0.645. The molecule has 2 aromatic carbocycles. The summed E-state index contributed by atoms with van der Waals surface area (Å²) in [7, 11) is 0. The Bertz CT molecular complexity index is 967. The van der Waals surface area contributed by atoms with Crippen LogP contribution in [-0.2, 0) is 6.54 Å². The zero-order valence-corrected chi connectivity index (χ0v) is 14.8. The normalized spacial score (nSPS) is 13.6. The maximum atomic E-state index is 13.5. The van der Waals surface area contributed by atoms with E-state index in [2.05, 4.69) is 10.2 Å². The van der Waals surface area contributed by atoms with Crippen LogP contribution in [0.1, 0.15) is 29.1 Å². The van der Waals surface area contributed by atoms with Gasteiger partial charge in [0.15, 0.2) is 0 Å². The van der Waals surface area contributed by atoms with Crippen molar-refractivity contribution in [3.05, 3.63) is 70.6 Å². The van der Waals surface area contributed by atoms with E-state index in [1.807, 2.05) is 0 Å². The molecular weight excluding hydrogens is 376 g/mol. The van der Waals surface area contributed by atoms with E-state index in [0.29, 0.717) is 16.5 Å². The van der Waals surface area contributed by atoms with Crippen molar-refractivity contribution >= 4 is 17.5 Å². The molecule has 1 aromatic heterocycles. The van der Waals surface area contributed by atoms with Gasteiger partial charge in [-0.3, -0.25) is 4.79 Å². The average Bonchev–Trinajstić information content (AvgIpc) is 3.37. The van der Waals surface area contributed by atoms with Crippen molar-refractivity contribution in [1.29, 1.82) is 0 Å². The van der Waals surface area contributed by atoms with Crippen LogP contribution in [0.4, 0.5) is 8.78 Å². The Morgan fingerprint density at radius 2 is 1.78 bits per heavy atom. The van der Waals surface area contributed by atoms with Crippen molar-refractivity contribution < 1.29 is 18.0 Å². The predicted molar refractivity (Wildman–Crippen MR) is 94.0 cm³/mol. The number of carbonyl (C=O) groups excluding carboxylic acids is 1. The molecule has 1 saturated carbocycles. The highest BCUT2D eigenvalue weighted by Crippen LogP contribution is 2.30. The minimum Gasteiger partial charge on any atom is -0.419 e. The highest BCUT2D eigenvalue weighted by Gasteiger charge is 2.34. The summed E-state index contributed by atoms with van der Waals surface area (Å²) in [5.41, 5.74) is 0.659. The fourth-order valence-electron chi connectivity index (χ4n) is 2.77. The minimum atomic E-state index is -0.795. The van der Waals surface area contributed by atoms with Gasteiger partial charge in [0.05, 0.1) is 6.54 Å². The summed E-state index contributed by atoms with van der Waals surface area (Å²) in [6, 6.07) is 9.68. The standard InChI is InChI=1S/C19H14ClF2N3O2/c20-13-3-1-11(2-4-13)18-24-23-17(27-18)10-25(16-5-6-16)19(26)12-7-14(21)9-15(22)8-12/h1-4,7-9,16H,5-6,10H2. The third kappa shape index (κ3) is 3.98. The van der Waals surface area contributed by atoms with Gasteiger partial charge in [0.25, 0.3) is 5.91 Å². The highest BCUT2D eigenvalue weighted by molar-refractivity contribution is 6.30. The van der Waals surface area contributed by atoms with Crippen molar-refractivity contribution in [3.8, 4) is 11.5 Å². The molecule has 1 fully saturated rings. The van der Waals surface area contributed by atoms with Crippen LogP contribution in [0.2, 0.25) is 5.02 Å². The molecule has 3 aromatic rings. The Balaban J connectivity index is 1.55. The van der Waals surface area contributed by atoms with Crippen LogP contribution >= 0.6 is 11.6 Å². The van der Waals surface area contributed by atoms with E-state index >= 15 is 0 Å². The number of amides is 1. The number of nitrogens with zero attached hydrogens (tertiary/aromatic N) is 3. The van der Waals surface area contributed by atoms with Gasteiger partial charge in [0.2, 0.25) is 11.8 Å². The lowest BCUT2D eigenvalue weighted by atomic mass is 10.2. The lowest BCUT2D eigenvalue weighted by molar-refractivity contribution is 0.0713. The van der Waals surface area contributed by atoms with Crippen molar-refractivity contribution in [2.75, 3.05) is 0 Å². The molecule has 0 radical (unpaired) electrons. The third-order valence-corrected chi connectivity index (χ3v) is 4.47. The van der Waals surface area contributed by atoms with E-state index in [1.54, 1.807) is 24.3 Å². The maximum Gasteiger partial charge on any atom is 0.254 e. The predicted octanol–water partition coefficient (Wildman–Crippen LogP) is 4.47. The molecule has 1 heterocycles. The molecule has 0 saturated heterocycles. The number of hydrogen-bond donors (Lipinski definition) is 0. The molecule has 1 aliphatic rings. The van der Waals surface area contributed by atoms with Crippen molar-refractivity contribution in [1.82, 2.24) is 15.1 Å². The smallest absolute Gasteiger partial charge is 0.254 e. The molecule has 0 unspecified atom stereocenters. The van der Waals surface area contributed by atoms with E-state index < -0.39 is 17.5 Å². The van der Waals surface area contributed by atoms with Crippen molar-refractivity contribution in [2.24, 2.45) is 0 Å². The largest absolute Gasteiger partial charge is 0.419 e. The summed E-state index contributed by atoms with van der Waals surface area (Å²) in [5, 5.41) is 8.57. The first-order valence-electron chi connectivity index (χ1n) is 8.35. The Kier molecular flexibility index (Phi) is 4.61. The Morgan fingerprint density at radius 1 is 1.11 bits per heavy atom. The van der Waals surface area contributed by atoms with Gasteiger partial charge in [-0.15, -0.1) is 10.2 Å². The van der Waals surface area contributed by atoms with E-state index in [4.69, 9.17) is 16.0 Å². The molecule has 0 atom stereocenters. The molecule has 27 heavy (non-hydrogen) atoms. The molecular formula is C19H14ClF2N3O2. The molecule has 0 aliphatic heterocycles. The topological polar surface area (TPSA) is 59.2 Å². The van der Waals surface area contributed by atoms with Gasteiger partial charge in [-0.25, -0.2) is 8.78 Å². The number of hydrogen-bond acceptors (Lipinski definition) is 4. The molecule has 1 aliphatic carbocycles. The van der Waals surface area contributed by atoms with Crippen LogP contribution < -0.4 is 0 Å². The van der Waals surface area contributed by atoms with Gasteiger partial charge in [0, 0.05) is 28.3 Å². The zero-order chi connectivity index (χ0) is 19.0. The SMILES string of the molecule is O=C(c1cc(F)cc(F)c1)N(Cc1nnc(-c2ccc(Cl)cc2)o1)C1CC1. The number of carbonyl (C=O) groups is 1. The Morgan fingerprint density at radius 3 is 2.41 bits per heavy atom. The first kappa shape index (κ1) is 17.6. The molecule has 138 valence electrons. The number of aromatic nitrogens is 2. The van der Waals surface area contributed by atoms with Crippen LogP contribution in [-0.4, -0.2) is 27.0 Å². The molecule has 8 heteroatoms. The first-order chi connectivity index (χ1) is 13.0. The highest BCUT2D eigenvalue weighted by atomic mass is 35.5. The van der Waals surface area contributed by atoms with Crippen LogP contribution in [0.5, 0.6) is 0 Å². The molecule has 4 rings (SSSR count). The van der Waals surface area contributed by atoms with E-state index in [0.717, 1.165) is 31.0 Å². The van der Waals surface area contributed by atoms with Gasteiger partial charge in [-0.1, -0.05) is 11.6 Å². The fourth-order valence-corrected chi connectivity index (χ4v) is 2.89. The number of benzene rings is 2. The maximum absolute atomic E-state index is 13.5. The van der Waals surface area contributed by atoms with Gasteiger partial charge >= 0.3 is 0 Å².